The van der Waals surface area contributed by atoms with E-state index in [2.05, 4.69) is 27.9 Å². The molecule has 1 aliphatic heterocycles. The van der Waals surface area contributed by atoms with E-state index < -0.39 is 0 Å². The Bertz CT molecular complexity index is 1420. The van der Waals surface area contributed by atoms with Gasteiger partial charge in [-0.05, 0) is 72.0 Å². The molecular weight excluding hydrogens is 489 g/mol. The Morgan fingerprint density at radius 3 is 2.57 bits per heavy atom. The van der Waals surface area contributed by atoms with E-state index in [1.54, 1.807) is 10.6 Å². The van der Waals surface area contributed by atoms with Gasteiger partial charge >= 0.3 is 0 Å². The molecular formula is C24H16IN3O2. The largest absolute Gasteiger partial charge is 0.321 e. The van der Waals surface area contributed by atoms with E-state index in [1.165, 1.54) is 0 Å². The Labute approximate surface area is 186 Å². The fraction of sp³-hybridized carbons (Fsp3) is 0.0417. The number of hydrogen-bond acceptors (Lipinski definition) is 3. The first-order valence-corrected chi connectivity index (χ1v) is 10.5. The van der Waals surface area contributed by atoms with E-state index in [-0.39, 0.29) is 11.5 Å². The Morgan fingerprint density at radius 2 is 1.77 bits per heavy atom. The van der Waals surface area contributed by atoms with Crippen molar-refractivity contribution in [2.45, 2.75) is 6.92 Å². The minimum absolute atomic E-state index is 0.166. The van der Waals surface area contributed by atoms with Gasteiger partial charge in [0, 0.05) is 14.8 Å². The third-order valence-electron chi connectivity index (χ3n) is 5.13. The molecule has 1 amide bonds. The minimum Gasteiger partial charge on any atom is -0.321 e. The van der Waals surface area contributed by atoms with Crippen molar-refractivity contribution < 1.29 is 4.79 Å². The molecule has 0 aliphatic carbocycles. The second-order valence-corrected chi connectivity index (χ2v) is 8.41. The fourth-order valence-electron chi connectivity index (χ4n) is 3.63. The van der Waals surface area contributed by atoms with Crippen LogP contribution < -0.4 is 10.9 Å². The molecule has 6 heteroatoms. The summed E-state index contributed by atoms with van der Waals surface area (Å²) in [5.41, 5.74) is 4.28. The van der Waals surface area contributed by atoms with Gasteiger partial charge in [0.05, 0.1) is 22.2 Å². The summed E-state index contributed by atoms with van der Waals surface area (Å²) >= 11 is 2.19. The molecule has 3 aromatic carbocycles. The number of rotatable bonds is 2. The molecule has 1 aromatic heterocycles. The lowest BCUT2D eigenvalue weighted by atomic mass is 10.1. The van der Waals surface area contributed by atoms with Crippen LogP contribution in [0.1, 0.15) is 17.0 Å². The molecule has 0 saturated heterocycles. The van der Waals surface area contributed by atoms with Gasteiger partial charge in [0.2, 0.25) is 0 Å². The molecule has 146 valence electrons. The fourth-order valence-corrected chi connectivity index (χ4v) is 4.12. The molecule has 0 saturated carbocycles. The molecule has 0 bridgehead atoms. The highest BCUT2D eigenvalue weighted by Crippen LogP contribution is 2.32. The van der Waals surface area contributed by atoms with E-state index >= 15 is 0 Å². The van der Waals surface area contributed by atoms with Gasteiger partial charge < -0.3 is 5.32 Å². The van der Waals surface area contributed by atoms with Crippen LogP contribution in [0.4, 0.5) is 5.69 Å². The van der Waals surface area contributed by atoms with Gasteiger partial charge in [-0.25, -0.2) is 4.98 Å². The number of halogens is 1. The highest BCUT2D eigenvalue weighted by Gasteiger charge is 2.24. The maximum absolute atomic E-state index is 13.5. The number of hydrogen-bond donors (Lipinski definition) is 1. The smallest absolute Gasteiger partial charge is 0.266 e. The number of nitrogens with zero attached hydrogens (tertiary/aromatic N) is 2. The molecule has 4 aromatic rings. The van der Waals surface area contributed by atoms with Gasteiger partial charge in [-0.15, -0.1) is 0 Å². The number of carbonyl (C=O) groups excluding carboxylic acids is 1. The summed E-state index contributed by atoms with van der Waals surface area (Å²) in [6, 6.07) is 20.8. The molecule has 5 nitrogen and oxygen atoms in total. The average Bonchev–Trinajstić information content (AvgIpc) is 3.05. The lowest BCUT2D eigenvalue weighted by molar-refractivity contribution is -0.110. The van der Waals surface area contributed by atoms with Crippen LogP contribution in [0, 0.1) is 10.5 Å². The van der Waals surface area contributed by atoms with Crippen LogP contribution in [-0.4, -0.2) is 15.5 Å². The van der Waals surface area contributed by atoms with Gasteiger partial charge in [-0.1, -0.05) is 35.9 Å². The third kappa shape index (κ3) is 3.13. The summed E-state index contributed by atoms with van der Waals surface area (Å²) in [6.07, 6.45) is 1.69. The first-order valence-electron chi connectivity index (χ1n) is 9.43. The molecule has 30 heavy (non-hydrogen) atoms. The van der Waals surface area contributed by atoms with Crippen LogP contribution in [0.2, 0.25) is 0 Å². The van der Waals surface area contributed by atoms with E-state index in [9.17, 15) is 9.59 Å². The van der Waals surface area contributed by atoms with Crippen molar-refractivity contribution in [2.24, 2.45) is 0 Å². The molecule has 0 spiro atoms. The normalized spacial score (nSPS) is 14.2. The van der Waals surface area contributed by atoms with Crippen molar-refractivity contribution in [2.75, 3.05) is 5.32 Å². The van der Waals surface area contributed by atoms with Crippen LogP contribution in [-0.2, 0) is 4.79 Å². The molecule has 1 N–H and O–H groups in total. The maximum atomic E-state index is 13.5. The number of anilines is 1. The second-order valence-electron chi connectivity index (χ2n) is 7.17. The van der Waals surface area contributed by atoms with Gasteiger partial charge in [0.15, 0.2) is 0 Å². The lowest BCUT2D eigenvalue weighted by Crippen LogP contribution is -2.22. The van der Waals surface area contributed by atoms with Crippen molar-refractivity contribution in [3.8, 4) is 5.69 Å². The predicted octanol–water partition coefficient (Wildman–Crippen LogP) is 4.79. The van der Waals surface area contributed by atoms with Gasteiger partial charge in [0.25, 0.3) is 11.5 Å². The van der Waals surface area contributed by atoms with Crippen LogP contribution in [0.3, 0.4) is 0 Å². The molecule has 0 atom stereocenters. The summed E-state index contributed by atoms with van der Waals surface area (Å²) in [5, 5.41) is 3.41. The summed E-state index contributed by atoms with van der Waals surface area (Å²) < 4.78 is 2.53. The van der Waals surface area contributed by atoms with Crippen LogP contribution in [0.5, 0.6) is 0 Å². The summed E-state index contributed by atoms with van der Waals surface area (Å²) in [7, 11) is 0. The zero-order valence-electron chi connectivity index (χ0n) is 16.0. The van der Waals surface area contributed by atoms with Gasteiger partial charge in [-0.2, -0.15) is 0 Å². The summed E-state index contributed by atoms with van der Waals surface area (Å²) in [4.78, 5) is 30.9. The standard InChI is InChI=1S/C24H16IN3O2/c1-14-6-9-16(10-7-14)28-22(26-21-11-8-15(25)12-19(21)24(28)30)13-18-17-4-2-3-5-20(17)27-23(18)29/h2-13H,1H3,(H,27,29)/b18-13-. The topological polar surface area (TPSA) is 64.0 Å². The van der Waals surface area contributed by atoms with Crippen molar-refractivity contribution in [1.82, 2.24) is 9.55 Å². The monoisotopic (exact) mass is 505 g/mol. The van der Waals surface area contributed by atoms with Crippen molar-refractivity contribution in [3.05, 3.63) is 97.6 Å². The van der Waals surface area contributed by atoms with Crippen LogP contribution in [0.15, 0.2) is 71.5 Å². The average molecular weight is 505 g/mol. The lowest BCUT2D eigenvalue weighted by Gasteiger charge is -2.12. The molecule has 1 aliphatic rings. The number of benzene rings is 3. The number of fused-ring (bicyclic) bond motifs is 2. The Hall–Kier alpha value is -3.26. The molecule has 2 heterocycles. The van der Waals surface area contributed by atoms with Crippen LogP contribution >= 0.6 is 22.6 Å². The van der Waals surface area contributed by atoms with E-state index in [0.717, 1.165) is 20.4 Å². The van der Waals surface area contributed by atoms with E-state index in [1.807, 2.05) is 73.7 Å². The number of carbonyl (C=O) groups is 1. The molecule has 5 rings (SSSR count). The van der Waals surface area contributed by atoms with E-state index in [4.69, 9.17) is 4.98 Å². The zero-order chi connectivity index (χ0) is 20.8. The number of para-hydroxylation sites is 1. The highest BCUT2D eigenvalue weighted by atomic mass is 127. The SMILES string of the molecule is Cc1ccc(-n2c(/C=C3\C(=O)Nc4ccccc43)nc3ccc(I)cc3c2=O)cc1. The number of nitrogens with one attached hydrogen (secondary N) is 1. The number of aromatic nitrogens is 2. The summed E-state index contributed by atoms with van der Waals surface area (Å²) in [6.45, 7) is 2.00. The minimum atomic E-state index is -0.205. The molecule has 0 unspecified atom stereocenters. The Balaban J connectivity index is 1.82. The second kappa shape index (κ2) is 7.21. The number of amides is 1. The van der Waals surface area contributed by atoms with Crippen molar-refractivity contribution in [1.29, 1.82) is 0 Å². The predicted molar refractivity (Wildman–Crippen MR) is 128 cm³/mol. The molecule has 0 fully saturated rings. The number of aryl methyl sites for hydroxylation is 1. The van der Waals surface area contributed by atoms with E-state index in [0.29, 0.717) is 28.0 Å². The van der Waals surface area contributed by atoms with Crippen LogP contribution in [0.25, 0.3) is 28.2 Å². The Kier molecular flexibility index (Phi) is 4.51. The van der Waals surface area contributed by atoms with Gasteiger partial charge in [0.1, 0.15) is 5.82 Å². The van der Waals surface area contributed by atoms with Crippen molar-refractivity contribution >= 4 is 56.7 Å². The Morgan fingerprint density at radius 1 is 1.00 bits per heavy atom. The van der Waals surface area contributed by atoms with Gasteiger partial charge in [-0.3, -0.25) is 14.2 Å². The maximum Gasteiger partial charge on any atom is 0.266 e. The third-order valence-corrected chi connectivity index (χ3v) is 5.80. The zero-order valence-corrected chi connectivity index (χ0v) is 18.2. The first kappa shape index (κ1) is 18.7. The summed E-state index contributed by atoms with van der Waals surface area (Å²) in [5.74, 6) is 0.211. The molecule has 0 radical (unpaired) electrons. The van der Waals surface area contributed by atoms with Crippen molar-refractivity contribution in [3.63, 3.8) is 0 Å². The highest BCUT2D eigenvalue weighted by molar-refractivity contribution is 14.1. The first-order chi connectivity index (χ1) is 14.5. The quantitative estimate of drug-likeness (QED) is 0.315.